The second-order valence-corrected chi connectivity index (χ2v) is 8.84. The van der Waals surface area contributed by atoms with Crippen molar-refractivity contribution < 1.29 is 19.1 Å². The van der Waals surface area contributed by atoms with Gasteiger partial charge in [-0.25, -0.2) is 4.79 Å². The summed E-state index contributed by atoms with van der Waals surface area (Å²) in [5, 5.41) is 8.00. The normalized spacial score (nSPS) is 11.1. The van der Waals surface area contributed by atoms with Crippen LogP contribution in [-0.4, -0.2) is 24.4 Å². The molecule has 2 heterocycles. The van der Waals surface area contributed by atoms with Crippen LogP contribution in [0.3, 0.4) is 0 Å². The fourth-order valence-electron chi connectivity index (χ4n) is 1.89. The first-order chi connectivity index (χ1) is 12.2. The Morgan fingerprint density at radius 2 is 1.96 bits per heavy atom. The number of anilines is 1. The number of esters is 1. The second kappa shape index (κ2) is 8.46. The van der Waals surface area contributed by atoms with Gasteiger partial charge >= 0.3 is 5.97 Å². The lowest BCUT2D eigenvalue weighted by Crippen LogP contribution is -2.28. The first-order valence-corrected chi connectivity index (χ1v) is 9.74. The van der Waals surface area contributed by atoms with E-state index >= 15 is 0 Å². The van der Waals surface area contributed by atoms with E-state index in [4.69, 9.17) is 4.74 Å². The van der Waals surface area contributed by atoms with Gasteiger partial charge in [-0.15, -0.1) is 22.7 Å². The zero-order valence-electron chi connectivity index (χ0n) is 15.2. The van der Waals surface area contributed by atoms with Crippen LogP contribution in [-0.2, 0) is 20.9 Å². The summed E-state index contributed by atoms with van der Waals surface area (Å²) in [6.07, 6.45) is 0. The van der Waals surface area contributed by atoms with E-state index in [-0.39, 0.29) is 18.4 Å². The molecule has 0 unspecified atom stereocenters. The lowest BCUT2D eigenvalue weighted by Gasteiger charge is -2.16. The minimum atomic E-state index is -0.574. The molecule has 0 aliphatic carbocycles. The molecule has 0 spiro atoms. The highest BCUT2D eigenvalue weighted by molar-refractivity contribution is 7.18. The minimum absolute atomic E-state index is 0.133. The molecular formula is C18H22N2O4S2. The van der Waals surface area contributed by atoms with Gasteiger partial charge in [0.05, 0.1) is 11.5 Å². The molecule has 2 aromatic rings. The molecule has 0 saturated carbocycles. The summed E-state index contributed by atoms with van der Waals surface area (Å²) in [5.74, 6) is -1.07. The number of hydrogen-bond acceptors (Lipinski definition) is 6. The maximum absolute atomic E-state index is 12.2. The first-order valence-electron chi connectivity index (χ1n) is 8.05. The third-order valence-electron chi connectivity index (χ3n) is 3.40. The van der Waals surface area contributed by atoms with E-state index in [1.54, 1.807) is 24.3 Å². The number of thiophene rings is 2. The van der Waals surface area contributed by atoms with Crippen LogP contribution in [0.25, 0.3) is 0 Å². The van der Waals surface area contributed by atoms with Crippen LogP contribution < -0.4 is 10.6 Å². The summed E-state index contributed by atoms with van der Waals surface area (Å²) >= 11 is 2.68. The van der Waals surface area contributed by atoms with E-state index < -0.39 is 11.4 Å². The Morgan fingerprint density at radius 1 is 1.23 bits per heavy atom. The summed E-state index contributed by atoms with van der Waals surface area (Å²) < 4.78 is 5.08. The van der Waals surface area contributed by atoms with Crippen LogP contribution in [0, 0.1) is 12.3 Å². The van der Waals surface area contributed by atoms with Gasteiger partial charge in [-0.1, -0.05) is 26.8 Å². The van der Waals surface area contributed by atoms with E-state index in [2.05, 4.69) is 10.6 Å². The molecule has 8 heteroatoms. The number of aryl methyl sites for hydroxylation is 1. The summed E-state index contributed by atoms with van der Waals surface area (Å²) in [5.41, 5.74) is 0.169. The summed E-state index contributed by atoms with van der Waals surface area (Å²) in [6, 6.07) is 5.54. The lowest BCUT2D eigenvalue weighted by atomic mass is 9.96. The zero-order valence-corrected chi connectivity index (χ0v) is 16.8. The van der Waals surface area contributed by atoms with E-state index in [0.717, 1.165) is 16.2 Å². The molecule has 0 fully saturated rings. The molecule has 26 heavy (non-hydrogen) atoms. The Hall–Kier alpha value is -2.19. The van der Waals surface area contributed by atoms with Gasteiger partial charge in [0.2, 0.25) is 5.91 Å². The molecular weight excluding hydrogens is 372 g/mol. The van der Waals surface area contributed by atoms with Gasteiger partial charge in [-0.05, 0) is 30.0 Å². The molecule has 0 saturated heterocycles. The third kappa shape index (κ3) is 5.67. The molecule has 0 aliphatic rings. The number of nitrogens with one attached hydrogen (secondary N) is 2. The van der Waals surface area contributed by atoms with Crippen molar-refractivity contribution in [1.29, 1.82) is 0 Å². The van der Waals surface area contributed by atoms with Gasteiger partial charge in [0, 0.05) is 10.3 Å². The molecule has 0 aliphatic heterocycles. The Labute approximate surface area is 160 Å². The van der Waals surface area contributed by atoms with Crippen LogP contribution >= 0.6 is 22.7 Å². The summed E-state index contributed by atoms with van der Waals surface area (Å²) in [7, 11) is 0. The Bertz CT molecular complexity index is 789. The Morgan fingerprint density at radius 3 is 2.58 bits per heavy atom. The highest BCUT2D eigenvalue weighted by atomic mass is 32.1. The van der Waals surface area contributed by atoms with Gasteiger partial charge in [0.25, 0.3) is 5.91 Å². The number of rotatable bonds is 6. The van der Waals surface area contributed by atoms with Crippen molar-refractivity contribution >= 4 is 45.5 Å². The van der Waals surface area contributed by atoms with Crippen LogP contribution in [0.5, 0.6) is 0 Å². The minimum Gasteiger partial charge on any atom is -0.451 e. The van der Waals surface area contributed by atoms with E-state index in [0.29, 0.717) is 22.0 Å². The molecule has 140 valence electrons. The van der Waals surface area contributed by atoms with E-state index in [1.807, 2.05) is 38.3 Å². The van der Waals surface area contributed by atoms with Gasteiger partial charge < -0.3 is 15.4 Å². The summed E-state index contributed by atoms with van der Waals surface area (Å²) in [4.78, 5) is 37.4. The Kier molecular flexibility index (Phi) is 6.55. The SMILES string of the molecule is Cc1cc(NC(=O)C(C)(C)C)sc1C(=O)OCC(=O)NCc1cccs1. The average Bonchev–Trinajstić information content (AvgIpc) is 3.19. The first kappa shape index (κ1) is 20.1. The van der Waals surface area contributed by atoms with Crippen molar-refractivity contribution in [2.24, 2.45) is 5.41 Å². The standard InChI is InChI=1S/C18H22N2O4S2/c1-11-8-14(20-17(23)18(2,3)4)26-15(11)16(22)24-10-13(21)19-9-12-6-5-7-25-12/h5-8H,9-10H2,1-4H3,(H,19,21)(H,20,23). The average molecular weight is 395 g/mol. The molecule has 0 bridgehead atoms. The van der Waals surface area contributed by atoms with Crippen LogP contribution in [0.1, 0.15) is 40.9 Å². The molecule has 6 nitrogen and oxygen atoms in total. The van der Waals surface area contributed by atoms with Gasteiger partial charge in [-0.2, -0.15) is 0 Å². The van der Waals surface area contributed by atoms with Crippen molar-refractivity contribution in [2.75, 3.05) is 11.9 Å². The smallest absolute Gasteiger partial charge is 0.349 e. The molecule has 0 atom stereocenters. The fourth-order valence-corrected chi connectivity index (χ4v) is 3.50. The number of ether oxygens (including phenoxy) is 1. The van der Waals surface area contributed by atoms with Crippen molar-refractivity contribution in [3.8, 4) is 0 Å². The highest BCUT2D eigenvalue weighted by Gasteiger charge is 2.23. The highest BCUT2D eigenvalue weighted by Crippen LogP contribution is 2.29. The molecule has 0 radical (unpaired) electrons. The molecule has 2 N–H and O–H groups in total. The summed E-state index contributed by atoms with van der Waals surface area (Å²) in [6.45, 7) is 7.27. The number of hydrogen-bond donors (Lipinski definition) is 2. The van der Waals surface area contributed by atoms with Crippen molar-refractivity contribution in [1.82, 2.24) is 5.32 Å². The van der Waals surface area contributed by atoms with E-state index in [9.17, 15) is 14.4 Å². The van der Waals surface area contributed by atoms with Crippen LogP contribution in [0.2, 0.25) is 0 Å². The number of amides is 2. The molecule has 0 aromatic carbocycles. The van der Waals surface area contributed by atoms with Crippen LogP contribution in [0.15, 0.2) is 23.6 Å². The second-order valence-electron chi connectivity index (χ2n) is 6.76. The largest absolute Gasteiger partial charge is 0.451 e. The third-order valence-corrected chi connectivity index (χ3v) is 5.40. The van der Waals surface area contributed by atoms with Gasteiger partial charge in [0.15, 0.2) is 6.61 Å². The zero-order chi connectivity index (χ0) is 19.3. The Balaban J connectivity index is 1.87. The van der Waals surface area contributed by atoms with E-state index in [1.165, 1.54) is 0 Å². The molecule has 2 amide bonds. The van der Waals surface area contributed by atoms with Crippen molar-refractivity contribution in [3.05, 3.63) is 38.9 Å². The molecule has 2 aromatic heterocycles. The number of carbonyl (C=O) groups excluding carboxylic acids is 3. The fraction of sp³-hybridized carbons (Fsp3) is 0.389. The predicted molar refractivity (Wildman–Crippen MR) is 104 cm³/mol. The quantitative estimate of drug-likeness (QED) is 0.734. The number of carbonyl (C=O) groups is 3. The predicted octanol–water partition coefficient (Wildman–Crippen LogP) is 3.58. The van der Waals surface area contributed by atoms with Crippen molar-refractivity contribution in [2.45, 2.75) is 34.2 Å². The monoisotopic (exact) mass is 394 g/mol. The van der Waals surface area contributed by atoms with Crippen molar-refractivity contribution in [3.63, 3.8) is 0 Å². The maximum atomic E-state index is 12.2. The van der Waals surface area contributed by atoms with Crippen LogP contribution in [0.4, 0.5) is 5.00 Å². The van der Waals surface area contributed by atoms with Gasteiger partial charge in [-0.3, -0.25) is 9.59 Å². The molecule has 2 rings (SSSR count). The van der Waals surface area contributed by atoms with Gasteiger partial charge in [0.1, 0.15) is 4.88 Å². The lowest BCUT2D eigenvalue weighted by molar-refractivity contribution is -0.124. The maximum Gasteiger partial charge on any atom is 0.349 e. The topological polar surface area (TPSA) is 84.5 Å².